The van der Waals surface area contributed by atoms with Crippen molar-refractivity contribution >= 4 is 58.4 Å². The molecule has 0 bridgehead atoms. The highest BCUT2D eigenvalue weighted by Gasteiger charge is 2.35. The number of amides is 2. The molecule has 0 spiro atoms. The van der Waals surface area contributed by atoms with Gasteiger partial charge in [-0.1, -0.05) is 40.9 Å². The van der Waals surface area contributed by atoms with Crippen molar-refractivity contribution in [2.75, 3.05) is 5.75 Å². The molecule has 1 saturated heterocycles. The van der Waals surface area contributed by atoms with Crippen molar-refractivity contribution in [2.45, 2.75) is 18.4 Å². The van der Waals surface area contributed by atoms with Gasteiger partial charge < -0.3 is 4.74 Å². The second-order valence-electron chi connectivity index (χ2n) is 5.65. The normalized spacial score (nSPS) is 17.7. The number of hydrazine groups is 1. The Hall–Kier alpha value is -1.67. The van der Waals surface area contributed by atoms with Gasteiger partial charge in [0.2, 0.25) is 0 Å². The van der Waals surface area contributed by atoms with E-state index in [1.54, 1.807) is 25.4 Å². The molecule has 2 heterocycles. The van der Waals surface area contributed by atoms with Crippen molar-refractivity contribution < 1.29 is 14.3 Å². The van der Waals surface area contributed by atoms with E-state index in [4.69, 9.17) is 39.5 Å². The Bertz CT molecular complexity index is 869. The molecule has 1 aliphatic heterocycles. The molecule has 1 aromatic heterocycles. The molecule has 0 radical (unpaired) electrons. The van der Waals surface area contributed by atoms with Crippen LogP contribution in [0.4, 0.5) is 0 Å². The number of nitrogens with one attached hydrogen (secondary N) is 1. The summed E-state index contributed by atoms with van der Waals surface area (Å²) < 4.78 is 5.59. The van der Waals surface area contributed by atoms with Gasteiger partial charge in [-0.15, -0.1) is 11.8 Å². The van der Waals surface area contributed by atoms with Gasteiger partial charge in [0.1, 0.15) is 11.1 Å². The Balaban J connectivity index is 1.70. The fraction of sp³-hybridized carbons (Fsp3) is 0.235. The number of hydrogen-bond acceptors (Lipinski definition) is 5. The average Bonchev–Trinajstić information content (AvgIpc) is 3.01. The van der Waals surface area contributed by atoms with Crippen LogP contribution in [0.15, 0.2) is 36.7 Å². The quantitative estimate of drug-likeness (QED) is 0.700. The molecule has 1 N–H and O–H groups in total. The van der Waals surface area contributed by atoms with Crippen LogP contribution in [-0.2, 0) is 9.59 Å². The maximum Gasteiger partial charge on any atom is 0.279 e. The van der Waals surface area contributed by atoms with Crippen LogP contribution in [0.5, 0.6) is 5.75 Å². The lowest BCUT2D eigenvalue weighted by Crippen LogP contribution is -2.49. The summed E-state index contributed by atoms with van der Waals surface area (Å²) in [4.78, 5) is 28.8. The van der Waals surface area contributed by atoms with Crippen molar-refractivity contribution in [2.24, 2.45) is 0 Å². The van der Waals surface area contributed by atoms with Crippen LogP contribution in [0.1, 0.15) is 17.9 Å². The van der Waals surface area contributed by atoms with Crippen molar-refractivity contribution in [3.8, 4) is 5.75 Å². The molecule has 2 aromatic rings. The van der Waals surface area contributed by atoms with Crippen LogP contribution < -0.4 is 10.2 Å². The van der Waals surface area contributed by atoms with Gasteiger partial charge >= 0.3 is 0 Å². The molecule has 0 saturated carbocycles. The fourth-order valence-electron chi connectivity index (χ4n) is 2.36. The van der Waals surface area contributed by atoms with Crippen LogP contribution in [0.3, 0.4) is 0 Å². The highest BCUT2D eigenvalue weighted by atomic mass is 35.5. The molecule has 2 amide bonds. The Kier molecular flexibility index (Phi) is 6.37. The highest BCUT2D eigenvalue weighted by molar-refractivity contribution is 8.00. The number of carbonyl (C=O) groups excluding carboxylic acids is 2. The fourth-order valence-corrected chi connectivity index (χ4v) is 4.03. The van der Waals surface area contributed by atoms with Crippen LogP contribution in [-0.4, -0.2) is 33.7 Å². The molecule has 10 heteroatoms. The molecule has 1 aromatic carbocycles. The standard InChI is InChI=1S/C17H14Cl3N3O3S/c1-9(26-14-6-12(19)11(18)5-13(14)20)16(25)22-23-15(24)8-27-17(23)10-3-2-4-21-7-10/h2-7,9,17H,8H2,1H3,(H,22,25). The molecule has 1 fully saturated rings. The first-order valence-electron chi connectivity index (χ1n) is 7.82. The summed E-state index contributed by atoms with van der Waals surface area (Å²) in [5.41, 5.74) is 3.43. The first-order chi connectivity index (χ1) is 12.9. The first kappa shape index (κ1) is 20.1. The summed E-state index contributed by atoms with van der Waals surface area (Å²) >= 11 is 19.3. The van der Waals surface area contributed by atoms with Gasteiger partial charge in [0.05, 0.1) is 20.8 Å². The van der Waals surface area contributed by atoms with Crippen molar-refractivity contribution in [3.63, 3.8) is 0 Å². The lowest BCUT2D eigenvalue weighted by atomic mass is 10.3. The molecule has 0 aliphatic carbocycles. The summed E-state index contributed by atoms with van der Waals surface area (Å²) in [5, 5.41) is 1.71. The minimum Gasteiger partial charge on any atom is -0.479 e. The van der Waals surface area contributed by atoms with Crippen molar-refractivity contribution in [1.82, 2.24) is 15.4 Å². The summed E-state index contributed by atoms with van der Waals surface area (Å²) in [6.07, 6.45) is 2.38. The molecule has 2 atom stereocenters. The Labute approximate surface area is 175 Å². The molecule has 6 nitrogen and oxygen atoms in total. The second kappa shape index (κ2) is 8.56. The van der Waals surface area contributed by atoms with E-state index in [-0.39, 0.29) is 37.9 Å². The average molecular weight is 447 g/mol. The first-order valence-corrected chi connectivity index (χ1v) is 10.0. The number of ether oxygens (including phenoxy) is 1. The van der Waals surface area contributed by atoms with E-state index in [0.717, 1.165) is 5.56 Å². The predicted molar refractivity (Wildman–Crippen MR) is 106 cm³/mol. The van der Waals surface area contributed by atoms with E-state index in [0.29, 0.717) is 0 Å². The predicted octanol–water partition coefficient (Wildman–Crippen LogP) is 4.11. The zero-order valence-corrected chi connectivity index (χ0v) is 17.1. The second-order valence-corrected chi connectivity index (χ2v) is 7.94. The minimum absolute atomic E-state index is 0.207. The van der Waals surface area contributed by atoms with E-state index in [1.807, 2.05) is 6.07 Å². The third kappa shape index (κ3) is 4.60. The van der Waals surface area contributed by atoms with Gasteiger partial charge in [-0.25, -0.2) is 5.01 Å². The largest absolute Gasteiger partial charge is 0.479 e. The van der Waals surface area contributed by atoms with E-state index in [9.17, 15) is 9.59 Å². The number of carbonyl (C=O) groups is 2. The lowest BCUT2D eigenvalue weighted by Gasteiger charge is -2.26. The number of rotatable bonds is 5. The third-order valence-electron chi connectivity index (χ3n) is 3.72. The summed E-state index contributed by atoms with van der Waals surface area (Å²) in [6, 6.07) is 6.49. The van der Waals surface area contributed by atoms with Gasteiger partial charge in [0.25, 0.3) is 11.8 Å². The maximum atomic E-state index is 12.5. The molecular weight excluding hydrogens is 433 g/mol. The topological polar surface area (TPSA) is 71.5 Å². The van der Waals surface area contributed by atoms with Crippen molar-refractivity contribution in [3.05, 3.63) is 57.3 Å². The van der Waals surface area contributed by atoms with Gasteiger partial charge in [-0.05, 0) is 19.1 Å². The van der Waals surface area contributed by atoms with Gasteiger partial charge in [-0.3, -0.25) is 20.0 Å². The molecule has 142 valence electrons. The highest BCUT2D eigenvalue weighted by Crippen LogP contribution is 2.37. The zero-order chi connectivity index (χ0) is 19.6. The monoisotopic (exact) mass is 445 g/mol. The number of pyridine rings is 1. The molecule has 3 rings (SSSR count). The Morgan fingerprint density at radius 3 is 2.78 bits per heavy atom. The van der Waals surface area contributed by atoms with Crippen LogP contribution >= 0.6 is 46.6 Å². The number of nitrogens with zero attached hydrogens (tertiary/aromatic N) is 2. The smallest absolute Gasteiger partial charge is 0.279 e. The van der Waals surface area contributed by atoms with E-state index in [1.165, 1.54) is 28.9 Å². The number of benzene rings is 1. The summed E-state index contributed by atoms with van der Waals surface area (Å²) in [7, 11) is 0. The van der Waals surface area contributed by atoms with Gasteiger partial charge in [0.15, 0.2) is 6.10 Å². The van der Waals surface area contributed by atoms with Gasteiger partial charge in [-0.2, -0.15) is 0 Å². The number of aromatic nitrogens is 1. The van der Waals surface area contributed by atoms with Crippen LogP contribution in [0.25, 0.3) is 0 Å². The summed E-state index contributed by atoms with van der Waals surface area (Å²) in [5.74, 6) is -0.225. The molecule has 2 unspecified atom stereocenters. The number of hydrogen-bond donors (Lipinski definition) is 1. The van der Waals surface area contributed by atoms with E-state index >= 15 is 0 Å². The lowest BCUT2D eigenvalue weighted by molar-refractivity contribution is -0.142. The van der Waals surface area contributed by atoms with Crippen LogP contribution in [0, 0.1) is 0 Å². The minimum atomic E-state index is -0.923. The number of halogens is 3. The van der Waals surface area contributed by atoms with Gasteiger partial charge in [0, 0.05) is 24.0 Å². The number of thioether (sulfide) groups is 1. The molecular formula is C17H14Cl3N3O3S. The van der Waals surface area contributed by atoms with Crippen LogP contribution in [0.2, 0.25) is 15.1 Å². The third-order valence-corrected chi connectivity index (χ3v) is 5.95. The maximum absolute atomic E-state index is 12.5. The zero-order valence-electron chi connectivity index (χ0n) is 14.0. The molecule has 1 aliphatic rings. The molecule has 27 heavy (non-hydrogen) atoms. The Morgan fingerprint density at radius 2 is 2.07 bits per heavy atom. The summed E-state index contributed by atoms with van der Waals surface area (Å²) in [6.45, 7) is 1.54. The van der Waals surface area contributed by atoms with E-state index in [2.05, 4.69) is 10.4 Å². The Morgan fingerprint density at radius 1 is 1.33 bits per heavy atom. The van der Waals surface area contributed by atoms with E-state index < -0.39 is 12.0 Å². The SMILES string of the molecule is CC(Oc1cc(Cl)c(Cl)cc1Cl)C(=O)NN1C(=O)CSC1c1cccnc1. The van der Waals surface area contributed by atoms with Crippen molar-refractivity contribution in [1.29, 1.82) is 0 Å².